The fourth-order valence-corrected chi connectivity index (χ4v) is 4.64. The van der Waals surface area contributed by atoms with Crippen LogP contribution >= 0.6 is 0 Å². The molecule has 1 atom stereocenters. The predicted octanol–water partition coefficient (Wildman–Crippen LogP) is 4.10. The zero-order chi connectivity index (χ0) is 17.4. The van der Waals surface area contributed by atoms with Crippen molar-refractivity contribution in [2.75, 3.05) is 21.3 Å². The molecule has 0 spiro atoms. The number of aromatic amines is 1. The van der Waals surface area contributed by atoms with E-state index in [9.17, 15) is 0 Å². The number of hydrogen-bond donors (Lipinski definition) is 2. The Morgan fingerprint density at radius 2 is 1.72 bits per heavy atom. The lowest BCUT2D eigenvalue weighted by Gasteiger charge is -2.27. The summed E-state index contributed by atoms with van der Waals surface area (Å²) in [5.74, 6) is 2.15. The zero-order valence-electron chi connectivity index (χ0n) is 15.4. The van der Waals surface area contributed by atoms with E-state index >= 15 is 0 Å². The van der Waals surface area contributed by atoms with Crippen LogP contribution in [0.3, 0.4) is 0 Å². The van der Waals surface area contributed by atoms with Crippen LogP contribution in [-0.4, -0.2) is 32.4 Å². The van der Waals surface area contributed by atoms with E-state index in [2.05, 4.69) is 10.3 Å². The Morgan fingerprint density at radius 3 is 2.40 bits per heavy atom. The zero-order valence-corrected chi connectivity index (χ0v) is 15.4. The van der Waals surface area contributed by atoms with Gasteiger partial charge in [0, 0.05) is 29.2 Å². The summed E-state index contributed by atoms with van der Waals surface area (Å²) in [5.41, 5.74) is 3.76. The maximum atomic E-state index is 5.74. The molecule has 0 amide bonds. The summed E-state index contributed by atoms with van der Waals surface area (Å²) in [4.78, 5) is 3.66. The summed E-state index contributed by atoms with van der Waals surface area (Å²) in [6, 6.07) is 3.09. The molecule has 5 heteroatoms. The van der Waals surface area contributed by atoms with E-state index in [0.717, 1.165) is 23.1 Å². The Balaban J connectivity index is 1.82. The van der Waals surface area contributed by atoms with Crippen molar-refractivity contribution in [1.29, 1.82) is 0 Å². The van der Waals surface area contributed by atoms with Gasteiger partial charge in [0.15, 0.2) is 11.5 Å². The standard InChI is InChI=1S/C20H28N2O3/c1-23-16-11-15-17(20(25-3)19(16)24-2)13-9-6-10-14(18(13)22-15)21-12-7-4-5-8-12/h11-12,14,21-22H,4-10H2,1-3H3. The molecule has 1 fully saturated rings. The number of nitrogens with one attached hydrogen (secondary N) is 2. The molecule has 2 aliphatic rings. The van der Waals surface area contributed by atoms with Crippen LogP contribution in [0.25, 0.3) is 10.9 Å². The Kier molecular flexibility index (Phi) is 4.50. The molecule has 5 nitrogen and oxygen atoms in total. The van der Waals surface area contributed by atoms with E-state index in [0.29, 0.717) is 23.6 Å². The first kappa shape index (κ1) is 16.6. The number of aryl methyl sites for hydroxylation is 1. The van der Waals surface area contributed by atoms with E-state index in [1.165, 1.54) is 49.8 Å². The quantitative estimate of drug-likeness (QED) is 0.857. The van der Waals surface area contributed by atoms with Crippen LogP contribution in [0.4, 0.5) is 0 Å². The van der Waals surface area contributed by atoms with Gasteiger partial charge in [-0.25, -0.2) is 0 Å². The SMILES string of the molecule is COc1cc2[nH]c3c(c2c(OC)c1OC)CCCC3NC1CCCC1. The number of fused-ring (bicyclic) bond motifs is 3. The van der Waals surface area contributed by atoms with Gasteiger partial charge in [0.05, 0.1) is 26.8 Å². The maximum absolute atomic E-state index is 5.74. The van der Waals surface area contributed by atoms with Gasteiger partial charge in [0.1, 0.15) is 0 Å². The van der Waals surface area contributed by atoms with Crippen LogP contribution in [0.1, 0.15) is 55.8 Å². The molecule has 1 saturated carbocycles. The monoisotopic (exact) mass is 344 g/mol. The first-order chi connectivity index (χ1) is 12.3. The summed E-state index contributed by atoms with van der Waals surface area (Å²) in [6.45, 7) is 0. The number of H-pyrrole nitrogens is 1. The Morgan fingerprint density at radius 1 is 0.960 bits per heavy atom. The average Bonchev–Trinajstić information content (AvgIpc) is 3.27. The third-order valence-corrected chi connectivity index (χ3v) is 5.79. The number of benzene rings is 1. The summed E-state index contributed by atoms with van der Waals surface area (Å²) in [5, 5.41) is 5.04. The molecule has 0 aliphatic heterocycles. The summed E-state index contributed by atoms with van der Waals surface area (Å²) < 4.78 is 16.8. The number of ether oxygens (including phenoxy) is 3. The van der Waals surface area contributed by atoms with Gasteiger partial charge in [-0.2, -0.15) is 0 Å². The van der Waals surface area contributed by atoms with Crippen LogP contribution < -0.4 is 19.5 Å². The molecule has 2 aliphatic carbocycles. The summed E-state index contributed by atoms with van der Waals surface area (Å²) in [7, 11) is 5.03. The van der Waals surface area contributed by atoms with E-state index in [-0.39, 0.29) is 0 Å². The van der Waals surface area contributed by atoms with Crippen molar-refractivity contribution < 1.29 is 14.2 Å². The predicted molar refractivity (Wildman–Crippen MR) is 99.0 cm³/mol. The molecule has 1 aromatic carbocycles. The molecule has 1 heterocycles. The molecule has 136 valence electrons. The van der Waals surface area contributed by atoms with Crippen LogP contribution in [0.2, 0.25) is 0 Å². The van der Waals surface area contributed by atoms with Crippen molar-refractivity contribution >= 4 is 10.9 Å². The van der Waals surface area contributed by atoms with E-state index < -0.39 is 0 Å². The molecule has 1 unspecified atom stereocenters. The molecule has 4 rings (SSSR count). The van der Waals surface area contributed by atoms with Gasteiger partial charge >= 0.3 is 0 Å². The van der Waals surface area contributed by atoms with Gasteiger partial charge in [-0.1, -0.05) is 12.8 Å². The molecule has 2 aromatic rings. The van der Waals surface area contributed by atoms with Crippen molar-refractivity contribution in [2.45, 2.75) is 57.0 Å². The topological polar surface area (TPSA) is 55.5 Å². The third-order valence-electron chi connectivity index (χ3n) is 5.79. The smallest absolute Gasteiger partial charge is 0.204 e. The number of methoxy groups -OCH3 is 3. The molecule has 0 saturated heterocycles. The molecule has 0 bridgehead atoms. The van der Waals surface area contributed by atoms with Gasteiger partial charge in [0.2, 0.25) is 5.75 Å². The van der Waals surface area contributed by atoms with Gasteiger partial charge in [-0.15, -0.1) is 0 Å². The number of rotatable bonds is 5. The lowest BCUT2D eigenvalue weighted by molar-refractivity contribution is 0.327. The van der Waals surface area contributed by atoms with Gasteiger partial charge in [0.25, 0.3) is 0 Å². The normalized spacial score (nSPS) is 20.7. The molecule has 2 N–H and O–H groups in total. The number of aromatic nitrogens is 1. The second-order valence-corrected chi connectivity index (χ2v) is 7.18. The van der Waals surface area contributed by atoms with Crippen molar-refractivity contribution in [3.63, 3.8) is 0 Å². The molecule has 0 radical (unpaired) electrons. The van der Waals surface area contributed by atoms with Gasteiger partial charge in [-0.3, -0.25) is 0 Å². The van der Waals surface area contributed by atoms with Crippen LogP contribution in [0, 0.1) is 0 Å². The fraction of sp³-hybridized carbons (Fsp3) is 0.600. The summed E-state index contributed by atoms with van der Waals surface area (Å²) >= 11 is 0. The maximum Gasteiger partial charge on any atom is 0.204 e. The van der Waals surface area contributed by atoms with E-state index in [1.807, 2.05) is 6.07 Å². The molecular weight excluding hydrogens is 316 g/mol. The highest BCUT2D eigenvalue weighted by atomic mass is 16.5. The number of hydrogen-bond acceptors (Lipinski definition) is 4. The highest BCUT2D eigenvalue weighted by Crippen LogP contribution is 2.47. The van der Waals surface area contributed by atoms with E-state index in [4.69, 9.17) is 14.2 Å². The van der Waals surface area contributed by atoms with Crippen molar-refractivity contribution in [1.82, 2.24) is 10.3 Å². The molecule has 25 heavy (non-hydrogen) atoms. The second-order valence-electron chi connectivity index (χ2n) is 7.18. The largest absolute Gasteiger partial charge is 0.493 e. The Hall–Kier alpha value is -1.88. The first-order valence-electron chi connectivity index (χ1n) is 9.36. The van der Waals surface area contributed by atoms with Crippen molar-refractivity contribution in [2.24, 2.45) is 0 Å². The molecular formula is C20H28N2O3. The minimum absolute atomic E-state index is 0.404. The molecule has 1 aromatic heterocycles. The lowest BCUT2D eigenvalue weighted by atomic mass is 9.90. The minimum atomic E-state index is 0.404. The van der Waals surface area contributed by atoms with Gasteiger partial charge in [-0.05, 0) is 37.7 Å². The first-order valence-corrected chi connectivity index (χ1v) is 9.36. The third kappa shape index (κ3) is 2.74. The van der Waals surface area contributed by atoms with Gasteiger partial charge < -0.3 is 24.5 Å². The van der Waals surface area contributed by atoms with Crippen LogP contribution in [-0.2, 0) is 6.42 Å². The van der Waals surface area contributed by atoms with Crippen LogP contribution in [0.5, 0.6) is 17.2 Å². The minimum Gasteiger partial charge on any atom is -0.493 e. The average molecular weight is 344 g/mol. The van der Waals surface area contributed by atoms with Crippen molar-refractivity contribution in [3.05, 3.63) is 17.3 Å². The highest BCUT2D eigenvalue weighted by Gasteiger charge is 2.30. The summed E-state index contributed by atoms with van der Waals surface area (Å²) in [6.07, 6.45) is 8.77. The second kappa shape index (κ2) is 6.79. The highest BCUT2D eigenvalue weighted by molar-refractivity contribution is 5.95. The Bertz CT molecular complexity index is 762. The van der Waals surface area contributed by atoms with E-state index in [1.54, 1.807) is 21.3 Å². The van der Waals surface area contributed by atoms with Crippen LogP contribution in [0.15, 0.2) is 6.07 Å². The Labute approximate surface area is 149 Å². The fourth-order valence-electron chi connectivity index (χ4n) is 4.64. The lowest BCUT2D eigenvalue weighted by Crippen LogP contribution is -2.32. The van der Waals surface area contributed by atoms with Crippen molar-refractivity contribution in [3.8, 4) is 17.2 Å².